The van der Waals surface area contributed by atoms with Gasteiger partial charge in [0, 0.05) is 12.6 Å². The van der Waals surface area contributed by atoms with Crippen LogP contribution in [0.1, 0.15) is 34.1 Å². The first-order chi connectivity index (χ1) is 7.11. The fourth-order valence-electron chi connectivity index (χ4n) is 1.57. The van der Waals surface area contributed by atoms with E-state index in [1.165, 1.54) is 0 Å². The van der Waals surface area contributed by atoms with Crippen molar-refractivity contribution in [2.45, 2.75) is 40.2 Å². The molecule has 0 heterocycles. The molecule has 0 bridgehead atoms. The molecule has 2 nitrogen and oxygen atoms in total. The smallest absolute Gasteiger partial charge is 0.0601 e. The molecule has 0 saturated carbocycles. The Kier molecular flexibility index (Phi) is 8.46. The van der Waals surface area contributed by atoms with Crippen molar-refractivity contribution in [3.63, 3.8) is 0 Å². The first-order valence-corrected chi connectivity index (χ1v) is 6.00. The van der Waals surface area contributed by atoms with Crippen LogP contribution in [0.15, 0.2) is 0 Å². The van der Waals surface area contributed by atoms with Gasteiger partial charge in [0.25, 0.3) is 0 Å². The molecule has 0 aliphatic rings. The largest absolute Gasteiger partial charge is 0.315 e. The Morgan fingerprint density at radius 1 is 1.27 bits per heavy atom. The average molecular weight is 210 g/mol. The topological polar surface area (TPSA) is 15.3 Å². The van der Waals surface area contributed by atoms with Gasteiger partial charge in [0.2, 0.25) is 0 Å². The molecule has 0 aliphatic heterocycles. The highest BCUT2D eigenvalue weighted by atomic mass is 15.2. The van der Waals surface area contributed by atoms with Crippen molar-refractivity contribution in [1.29, 1.82) is 0 Å². The molecule has 0 aromatic rings. The number of hydrogen-bond donors (Lipinski definition) is 1. The molecular formula is C13H26N2. The van der Waals surface area contributed by atoms with E-state index in [4.69, 9.17) is 6.42 Å². The predicted molar refractivity (Wildman–Crippen MR) is 67.9 cm³/mol. The van der Waals surface area contributed by atoms with Crippen LogP contribution < -0.4 is 5.32 Å². The molecule has 0 rings (SSSR count). The van der Waals surface area contributed by atoms with E-state index in [1.807, 2.05) is 0 Å². The fourth-order valence-corrected chi connectivity index (χ4v) is 1.57. The molecule has 0 aliphatic carbocycles. The molecule has 0 aromatic heterocycles. The summed E-state index contributed by atoms with van der Waals surface area (Å²) in [5.74, 6) is 3.44. The summed E-state index contributed by atoms with van der Waals surface area (Å²) >= 11 is 0. The summed E-state index contributed by atoms with van der Waals surface area (Å²) in [5, 5.41) is 3.47. The van der Waals surface area contributed by atoms with Gasteiger partial charge in [0.15, 0.2) is 0 Å². The van der Waals surface area contributed by atoms with Crippen molar-refractivity contribution < 1.29 is 0 Å². The van der Waals surface area contributed by atoms with Gasteiger partial charge in [-0.2, -0.15) is 0 Å². The minimum absolute atomic E-state index is 0.528. The highest BCUT2D eigenvalue weighted by Crippen LogP contribution is 1.99. The van der Waals surface area contributed by atoms with Crippen LogP contribution in [-0.2, 0) is 0 Å². The maximum absolute atomic E-state index is 5.36. The van der Waals surface area contributed by atoms with Crippen LogP contribution in [0.25, 0.3) is 0 Å². The van der Waals surface area contributed by atoms with Crippen molar-refractivity contribution in [1.82, 2.24) is 10.2 Å². The zero-order chi connectivity index (χ0) is 11.7. The maximum atomic E-state index is 5.36. The van der Waals surface area contributed by atoms with Crippen LogP contribution in [0.4, 0.5) is 0 Å². The second kappa shape index (κ2) is 8.76. The number of terminal acetylenes is 1. The second-order valence-corrected chi connectivity index (χ2v) is 4.58. The van der Waals surface area contributed by atoms with E-state index in [1.54, 1.807) is 0 Å². The van der Waals surface area contributed by atoms with Crippen LogP contribution in [0, 0.1) is 18.3 Å². The third-order valence-corrected chi connectivity index (χ3v) is 2.42. The Morgan fingerprint density at radius 3 is 2.40 bits per heavy atom. The zero-order valence-electron chi connectivity index (χ0n) is 10.7. The minimum atomic E-state index is 0.528. The van der Waals surface area contributed by atoms with E-state index in [0.29, 0.717) is 12.0 Å². The lowest BCUT2D eigenvalue weighted by molar-refractivity contribution is 0.228. The molecule has 1 N–H and O–H groups in total. The molecule has 0 radical (unpaired) electrons. The highest BCUT2D eigenvalue weighted by molar-refractivity contribution is 4.89. The Bertz CT molecular complexity index is 181. The summed E-state index contributed by atoms with van der Waals surface area (Å²) in [6.07, 6.45) is 6.53. The van der Waals surface area contributed by atoms with Crippen molar-refractivity contribution in [3.8, 4) is 12.3 Å². The highest BCUT2D eigenvalue weighted by Gasteiger charge is 2.10. The van der Waals surface area contributed by atoms with E-state index in [2.05, 4.69) is 43.8 Å². The first-order valence-electron chi connectivity index (χ1n) is 6.00. The lowest BCUT2D eigenvalue weighted by Gasteiger charge is -2.27. The SMILES string of the molecule is C#CCN(CCC)C(C)CNCC(C)C. The van der Waals surface area contributed by atoms with Crippen LogP contribution >= 0.6 is 0 Å². The van der Waals surface area contributed by atoms with E-state index in [9.17, 15) is 0 Å². The van der Waals surface area contributed by atoms with Gasteiger partial charge in [-0.1, -0.05) is 26.7 Å². The number of nitrogens with one attached hydrogen (secondary N) is 1. The molecule has 88 valence electrons. The Morgan fingerprint density at radius 2 is 1.93 bits per heavy atom. The van der Waals surface area contributed by atoms with Gasteiger partial charge in [-0.3, -0.25) is 4.90 Å². The monoisotopic (exact) mass is 210 g/mol. The van der Waals surface area contributed by atoms with E-state index < -0.39 is 0 Å². The van der Waals surface area contributed by atoms with Crippen LogP contribution in [0.2, 0.25) is 0 Å². The summed E-state index contributed by atoms with van der Waals surface area (Å²) in [7, 11) is 0. The summed E-state index contributed by atoms with van der Waals surface area (Å²) in [4.78, 5) is 2.35. The molecule has 1 unspecified atom stereocenters. The molecule has 1 atom stereocenters. The molecule has 0 aromatic carbocycles. The number of hydrogen-bond acceptors (Lipinski definition) is 2. The quantitative estimate of drug-likeness (QED) is 0.616. The van der Waals surface area contributed by atoms with Gasteiger partial charge in [-0.05, 0) is 32.4 Å². The molecule has 15 heavy (non-hydrogen) atoms. The summed E-state index contributed by atoms with van der Waals surface area (Å²) in [5.41, 5.74) is 0. The predicted octanol–water partition coefficient (Wildman–Crippen LogP) is 1.97. The van der Waals surface area contributed by atoms with Gasteiger partial charge >= 0.3 is 0 Å². The lowest BCUT2D eigenvalue weighted by atomic mass is 10.2. The number of rotatable bonds is 8. The molecular weight excluding hydrogens is 184 g/mol. The Labute approximate surface area is 95.4 Å². The van der Waals surface area contributed by atoms with Gasteiger partial charge in [-0.25, -0.2) is 0 Å². The molecule has 0 amide bonds. The summed E-state index contributed by atoms with van der Waals surface area (Å²) in [6, 6.07) is 0.528. The molecule has 0 spiro atoms. The van der Waals surface area contributed by atoms with Crippen molar-refractivity contribution >= 4 is 0 Å². The fraction of sp³-hybridized carbons (Fsp3) is 0.846. The van der Waals surface area contributed by atoms with Crippen LogP contribution in [0.5, 0.6) is 0 Å². The molecule has 0 fully saturated rings. The maximum Gasteiger partial charge on any atom is 0.0601 e. The van der Waals surface area contributed by atoms with Crippen LogP contribution in [0.3, 0.4) is 0 Å². The Hall–Kier alpha value is -0.520. The third kappa shape index (κ3) is 7.41. The van der Waals surface area contributed by atoms with Gasteiger partial charge in [0.05, 0.1) is 6.54 Å². The normalized spacial score (nSPS) is 13.1. The van der Waals surface area contributed by atoms with Crippen molar-refractivity contribution in [2.75, 3.05) is 26.2 Å². The zero-order valence-corrected chi connectivity index (χ0v) is 10.7. The van der Waals surface area contributed by atoms with Gasteiger partial charge in [0.1, 0.15) is 0 Å². The van der Waals surface area contributed by atoms with Crippen LogP contribution in [-0.4, -0.2) is 37.1 Å². The standard InChI is InChI=1S/C13H26N2/c1-6-8-15(9-7-2)13(5)11-14-10-12(3)4/h1,12-14H,7-11H2,2-5H3. The first kappa shape index (κ1) is 14.5. The molecule has 2 heteroatoms. The minimum Gasteiger partial charge on any atom is -0.315 e. The average Bonchev–Trinajstić information content (AvgIpc) is 2.16. The summed E-state index contributed by atoms with van der Waals surface area (Å²) in [6.45, 7) is 12.8. The van der Waals surface area contributed by atoms with Gasteiger partial charge < -0.3 is 5.32 Å². The lowest BCUT2D eigenvalue weighted by Crippen LogP contribution is -2.41. The van der Waals surface area contributed by atoms with Crippen molar-refractivity contribution in [3.05, 3.63) is 0 Å². The Balaban J connectivity index is 3.81. The van der Waals surface area contributed by atoms with E-state index >= 15 is 0 Å². The van der Waals surface area contributed by atoms with Gasteiger partial charge in [-0.15, -0.1) is 6.42 Å². The summed E-state index contributed by atoms with van der Waals surface area (Å²) < 4.78 is 0. The van der Waals surface area contributed by atoms with Crippen molar-refractivity contribution in [2.24, 2.45) is 5.92 Å². The molecule has 0 saturated heterocycles. The second-order valence-electron chi connectivity index (χ2n) is 4.58. The van der Waals surface area contributed by atoms with E-state index in [0.717, 1.165) is 32.6 Å². The number of nitrogens with zero attached hydrogens (tertiary/aromatic N) is 1. The van der Waals surface area contributed by atoms with E-state index in [-0.39, 0.29) is 0 Å². The third-order valence-electron chi connectivity index (χ3n) is 2.42.